The van der Waals surface area contributed by atoms with Gasteiger partial charge in [-0.3, -0.25) is 4.90 Å². The molecule has 1 heterocycles. The average molecular weight is 265 g/mol. The van der Waals surface area contributed by atoms with Gasteiger partial charge in [0.1, 0.15) is 11.5 Å². The molecule has 19 heavy (non-hydrogen) atoms. The predicted octanol–water partition coefficient (Wildman–Crippen LogP) is 2.26. The maximum atomic E-state index is 9.92. The Morgan fingerprint density at radius 3 is 2.95 bits per heavy atom. The molecule has 0 aliphatic carbocycles. The first kappa shape index (κ1) is 14.2. The number of benzene rings is 1. The zero-order valence-electron chi connectivity index (χ0n) is 11.8. The topological polar surface area (TPSA) is 41.9 Å². The summed E-state index contributed by atoms with van der Waals surface area (Å²) in [5.41, 5.74) is 0.928. The third-order valence-electron chi connectivity index (χ3n) is 3.69. The Morgan fingerprint density at radius 1 is 1.37 bits per heavy atom. The highest BCUT2D eigenvalue weighted by Gasteiger charge is 2.20. The molecule has 0 spiro atoms. The number of methoxy groups -OCH3 is 2. The number of rotatable bonds is 5. The number of likely N-dealkylation sites (tertiary alicyclic amines) is 1. The molecule has 4 heteroatoms. The van der Waals surface area contributed by atoms with Crippen molar-refractivity contribution in [1.82, 2.24) is 4.90 Å². The van der Waals surface area contributed by atoms with Crippen LogP contribution in [0.25, 0.3) is 0 Å². The van der Waals surface area contributed by atoms with Crippen LogP contribution in [0.1, 0.15) is 18.4 Å². The molecule has 0 radical (unpaired) electrons. The zero-order chi connectivity index (χ0) is 13.7. The highest BCUT2D eigenvalue weighted by Crippen LogP contribution is 2.26. The van der Waals surface area contributed by atoms with Gasteiger partial charge < -0.3 is 14.6 Å². The van der Waals surface area contributed by atoms with E-state index in [2.05, 4.69) is 4.90 Å². The molecule has 4 nitrogen and oxygen atoms in total. The molecule has 1 aromatic carbocycles. The number of ether oxygens (including phenoxy) is 2. The van der Waals surface area contributed by atoms with Gasteiger partial charge in [-0.15, -0.1) is 0 Å². The van der Waals surface area contributed by atoms with Gasteiger partial charge in [-0.25, -0.2) is 0 Å². The molecule has 0 aromatic heterocycles. The third kappa shape index (κ3) is 3.85. The number of hydrogen-bond acceptors (Lipinski definition) is 4. The van der Waals surface area contributed by atoms with Crippen molar-refractivity contribution in [3.63, 3.8) is 0 Å². The molecule has 1 N–H and O–H groups in total. The van der Waals surface area contributed by atoms with Crippen molar-refractivity contribution < 1.29 is 14.6 Å². The maximum Gasteiger partial charge on any atom is 0.120 e. The van der Waals surface area contributed by atoms with Crippen molar-refractivity contribution in [1.29, 1.82) is 0 Å². The second-order valence-electron chi connectivity index (χ2n) is 5.19. The van der Waals surface area contributed by atoms with Gasteiger partial charge in [0.05, 0.1) is 13.7 Å². The summed E-state index contributed by atoms with van der Waals surface area (Å²) in [5.74, 6) is 1.74. The fourth-order valence-corrected chi connectivity index (χ4v) is 2.72. The fourth-order valence-electron chi connectivity index (χ4n) is 2.72. The molecule has 1 atom stereocenters. The number of phenolic OH excluding ortho intramolecular Hbond substituents is 1. The zero-order valence-corrected chi connectivity index (χ0v) is 11.8. The Balaban J connectivity index is 2.00. The van der Waals surface area contributed by atoms with Gasteiger partial charge in [0.25, 0.3) is 0 Å². The minimum Gasteiger partial charge on any atom is -0.508 e. The molecule has 1 aliphatic rings. The first-order valence-corrected chi connectivity index (χ1v) is 6.80. The highest BCUT2D eigenvalue weighted by molar-refractivity contribution is 5.39. The summed E-state index contributed by atoms with van der Waals surface area (Å²) in [7, 11) is 3.40. The van der Waals surface area contributed by atoms with Crippen LogP contribution in [0.3, 0.4) is 0 Å². The van der Waals surface area contributed by atoms with Gasteiger partial charge in [-0.05, 0) is 43.5 Å². The van der Waals surface area contributed by atoms with Crippen molar-refractivity contribution in [2.75, 3.05) is 33.9 Å². The number of nitrogens with zero attached hydrogens (tertiary/aromatic N) is 1. The summed E-state index contributed by atoms with van der Waals surface area (Å²) < 4.78 is 10.5. The molecule has 1 saturated heterocycles. The summed E-state index contributed by atoms with van der Waals surface area (Å²) in [6, 6.07) is 5.39. The first-order valence-electron chi connectivity index (χ1n) is 6.80. The lowest BCUT2D eigenvalue weighted by atomic mass is 9.98. The normalized spacial score (nSPS) is 20.4. The fraction of sp³-hybridized carbons (Fsp3) is 0.600. The monoisotopic (exact) mass is 265 g/mol. The highest BCUT2D eigenvalue weighted by atomic mass is 16.5. The largest absolute Gasteiger partial charge is 0.508 e. The van der Waals surface area contributed by atoms with E-state index in [1.807, 2.05) is 6.07 Å². The molecule has 1 fully saturated rings. The van der Waals surface area contributed by atoms with E-state index < -0.39 is 0 Å². The Hall–Kier alpha value is -1.26. The van der Waals surface area contributed by atoms with E-state index >= 15 is 0 Å². The number of hydrogen-bond donors (Lipinski definition) is 1. The molecule has 0 amide bonds. The van der Waals surface area contributed by atoms with Gasteiger partial charge in [-0.1, -0.05) is 0 Å². The van der Waals surface area contributed by atoms with Crippen molar-refractivity contribution in [2.24, 2.45) is 5.92 Å². The summed E-state index contributed by atoms with van der Waals surface area (Å²) in [4.78, 5) is 2.38. The van der Waals surface area contributed by atoms with Crippen LogP contribution in [0.4, 0.5) is 0 Å². The van der Waals surface area contributed by atoms with Crippen LogP contribution in [0, 0.1) is 5.92 Å². The van der Waals surface area contributed by atoms with Crippen molar-refractivity contribution in [3.05, 3.63) is 23.8 Å². The lowest BCUT2D eigenvalue weighted by Gasteiger charge is -2.32. The second kappa shape index (κ2) is 6.78. The van der Waals surface area contributed by atoms with Crippen LogP contribution in [0.15, 0.2) is 18.2 Å². The standard InChI is InChI=1S/C15H23NO3/c1-18-11-12-4-3-7-16(9-12)10-13-8-14(19-2)5-6-15(13)17/h5-6,8,12,17H,3-4,7,9-11H2,1-2H3. The molecule has 1 aliphatic heterocycles. The minimum atomic E-state index is 0.342. The van der Waals surface area contributed by atoms with E-state index in [1.165, 1.54) is 12.8 Å². The van der Waals surface area contributed by atoms with Crippen LogP contribution in [-0.4, -0.2) is 43.9 Å². The van der Waals surface area contributed by atoms with Crippen LogP contribution in [-0.2, 0) is 11.3 Å². The summed E-state index contributed by atoms with van der Waals surface area (Å²) in [5, 5.41) is 9.92. The van der Waals surface area contributed by atoms with Crippen LogP contribution in [0.2, 0.25) is 0 Å². The molecule has 106 valence electrons. The molecule has 1 aromatic rings. The Labute approximate surface area is 114 Å². The number of piperidine rings is 1. The van der Waals surface area contributed by atoms with Gasteiger partial charge in [0.2, 0.25) is 0 Å². The van der Waals surface area contributed by atoms with Crippen LogP contribution in [0.5, 0.6) is 11.5 Å². The van der Waals surface area contributed by atoms with Gasteiger partial charge in [-0.2, -0.15) is 0 Å². The quantitative estimate of drug-likeness (QED) is 0.886. The lowest BCUT2D eigenvalue weighted by Crippen LogP contribution is -2.36. The molecular formula is C15H23NO3. The smallest absolute Gasteiger partial charge is 0.120 e. The SMILES string of the molecule is COCC1CCCN(Cc2cc(OC)ccc2O)C1. The first-order chi connectivity index (χ1) is 9.22. The summed E-state index contributed by atoms with van der Waals surface area (Å²) in [6.07, 6.45) is 2.42. The van der Waals surface area contributed by atoms with E-state index in [-0.39, 0.29) is 0 Å². The summed E-state index contributed by atoms with van der Waals surface area (Å²) in [6.45, 7) is 3.70. The minimum absolute atomic E-state index is 0.342. The maximum absolute atomic E-state index is 9.92. The van der Waals surface area contributed by atoms with E-state index in [1.54, 1.807) is 26.4 Å². The Kier molecular flexibility index (Phi) is 5.05. The van der Waals surface area contributed by atoms with E-state index in [9.17, 15) is 5.11 Å². The Bertz CT molecular complexity index is 406. The second-order valence-corrected chi connectivity index (χ2v) is 5.19. The van der Waals surface area contributed by atoms with E-state index in [0.717, 1.165) is 37.6 Å². The van der Waals surface area contributed by atoms with E-state index in [0.29, 0.717) is 11.7 Å². The number of phenols is 1. The Morgan fingerprint density at radius 2 is 2.21 bits per heavy atom. The third-order valence-corrected chi connectivity index (χ3v) is 3.69. The molecule has 1 unspecified atom stereocenters. The molecule has 0 bridgehead atoms. The van der Waals surface area contributed by atoms with Crippen LogP contribution >= 0.6 is 0 Å². The van der Waals surface area contributed by atoms with Gasteiger partial charge in [0.15, 0.2) is 0 Å². The van der Waals surface area contributed by atoms with Crippen molar-refractivity contribution in [3.8, 4) is 11.5 Å². The molecule has 0 saturated carbocycles. The lowest BCUT2D eigenvalue weighted by molar-refractivity contribution is 0.0870. The van der Waals surface area contributed by atoms with Crippen molar-refractivity contribution in [2.45, 2.75) is 19.4 Å². The van der Waals surface area contributed by atoms with Crippen molar-refractivity contribution >= 4 is 0 Å². The summed E-state index contributed by atoms with van der Waals surface area (Å²) >= 11 is 0. The van der Waals surface area contributed by atoms with E-state index in [4.69, 9.17) is 9.47 Å². The molecule has 2 rings (SSSR count). The van der Waals surface area contributed by atoms with Gasteiger partial charge in [0, 0.05) is 25.8 Å². The van der Waals surface area contributed by atoms with Gasteiger partial charge >= 0.3 is 0 Å². The average Bonchev–Trinajstić information content (AvgIpc) is 2.42. The number of aromatic hydroxyl groups is 1. The van der Waals surface area contributed by atoms with Crippen LogP contribution < -0.4 is 4.74 Å². The molecular weight excluding hydrogens is 242 g/mol. The predicted molar refractivity (Wildman–Crippen MR) is 74.5 cm³/mol.